The quantitative estimate of drug-likeness (QED) is 0.783. The number of carbonyl (C=O) groups is 2. The van der Waals surface area contributed by atoms with Crippen LogP contribution in [0.4, 0.5) is 10.6 Å². The Hall–Kier alpha value is -2.22. The van der Waals surface area contributed by atoms with Gasteiger partial charge in [0.25, 0.3) is 0 Å². The van der Waals surface area contributed by atoms with Gasteiger partial charge in [0.05, 0.1) is 12.6 Å². The number of rotatable bonds is 2. The summed E-state index contributed by atoms with van der Waals surface area (Å²) in [5.41, 5.74) is 2.10. The van der Waals surface area contributed by atoms with E-state index in [1.54, 1.807) is 18.3 Å². The topological polar surface area (TPSA) is 72.9 Å². The molecule has 0 saturated carbocycles. The molecule has 0 bridgehead atoms. The van der Waals surface area contributed by atoms with Crippen LogP contribution >= 0.6 is 0 Å². The van der Waals surface area contributed by atoms with Crippen LogP contribution in [-0.2, 0) is 4.79 Å². The van der Waals surface area contributed by atoms with Crippen LogP contribution in [0.1, 0.15) is 17.7 Å². The Labute approximate surface area is 142 Å². The van der Waals surface area contributed by atoms with Crippen molar-refractivity contribution in [2.75, 3.05) is 45.2 Å². The molecule has 3 rings (SSSR count). The van der Waals surface area contributed by atoms with Crippen LogP contribution in [0.25, 0.3) is 0 Å². The van der Waals surface area contributed by atoms with Crippen LogP contribution in [-0.4, -0.2) is 83.0 Å². The summed E-state index contributed by atoms with van der Waals surface area (Å²) in [5, 5.41) is 0. The van der Waals surface area contributed by atoms with Gasteiger partial charge in [-0.25, -0.2) is 14.8 Å². The first-order valence-electron chi connectivity index (χ1n) is 8.20. The van der Waals surface area contributed by atoms with Gasteiger partial charge in [0, 0.05) is 51.5 Å². The average Bonchev–Trinajstić information content (AvgIpc) is 2.59. The number of carbonyl (C=O) groups excluding carboxylic acids is 2. The van der Waals surface area contributed by atoms with Gasteiger partial charge >= 0.3 is 6.03 Å². The maximum atomic E-state index is 12.1. The van der Waals surface area contributed by atoms with Gasteiger partial charge in [-0.3, -0.25) is 14.6 Å². The Bertz CT molecular complexity index is 656. The maximum Gasteiger partial charge on any atom is 0.327 e. The van der Waals surface area contributed by atoms with Gasteiger partial charge in [-0.15, -0.1) is 0 Å². The largest absolute Gasteiger partial charge is 0.354 e. The van der Waals surface area contributed by atoms with Crippen molar-refractivity contribution < 1.29 is 9.59 Å². The van der Waals surface area contributed by atoms with Crippen molar-refractivity contribution >= 4 is 17.8 Å². The summed E-state index contributed by atoms with van der Waals surface area (Å²) in [6, 6.07) is -0.235. The van der Waals surface area contributed by atoms with Gasteiger partial charge in [-0.1, -0.05) is 0 Å². The van der Waals surface area contributed by atoms with Gasteiger partial charge in [-0.2, -0.15) is 0 Å². The Balaban J connectivity index is 1.68. The van der Waals surface area contributed by atoms with Gasteiger partial charge in [0.1, 0.15) is 12.1 Å². The minimum Gasteiger partial charge on any atom is -0.354 e. The minimum atomic E-state index is -0.235. The Morgan fingerprint density at radius 2 is 1.71 bits per heavy atom. The van der Waals surface area contributed by atoms with Crippen molar-refractivity contribution in [3.8, 4) is 0 Å². The lowest BCUT2D eigenvalue weighted by atomic mass is 10.1. The average molecular weight is 332 g/mol. The predicted molar refractivity (Wildman–Crippen MR) is 89.6 cm³/mol. The number of urea groups is 1. The molecule has 8 nitrogen and oxygen atoms in total. The van der Waals surface area contributed by atoms with E-state index in [1.807, 2.05) is 13.8 Å². The molecular weight excluding hydrogens is 308 g/mol. The zero-order chi connectivity index (χ0) is 17.4. The number of anilines is 1. The number of hydrogen-bond donors (Lipinski definition) is 0. The molecule has 0 aliphatic carbocycles. The summed E-state index contributed by atoms with van der Waals surface area (Å²) < 4.78 is 0. The Morgan fingerprint density at radius 3 is 2.38 bits per heavy atom. The fraction of sp³-hybridized carbons (Fsp3) is 0.625. The lowest BCUT2D eigenvalue weighted by Gasteiger charge is -2.45. The summed E-state index contributed by atoms with van der Waals surface area (Å²) in [4.78, 5) is 40.1. The molecule has 2 fully saturated rings. The highest BCUT2D eigenvalue weighted by molar-refractivity contribution is 5.96. The number of aromatic nitrogens is 2. The Kier molecular flexibility index (Phi) is 4.40. The molecule has 2 aliphatic rings. The summed E-state index contributed by atoms with van der Waals surface area (Å²) >= 11 is 0. The molecule has 1 atom stereocenters. The molecular formula is C16H24N6O2. The number of piperazine rings is 1. The molecule has 1 aromatic heterocycles. The molecule has 0 N–H and O–H groups in total. The smallest absolute Gasteiger partial charge is 0.327 e. The molecule has 0 aromatic carbocycles. The number of amides is 3. The summed E-state index contributed by atoms with van der Waals surface area (Å²) in [7, 11) is 3.30. The number of hydrogen-bond acceptors (Lipinski definition) is 6. The maximum absolute atomic E-state index is 12.1. The van der Waals surface area contributed by atoms with Crippen LogP contribution < -0.4 is 4.90 Å². The van der Waals surface area contributed by atoms with E-state index in [1.165, 1.54) is 11.9 Å². The van der Waals surface area contributed by atoms with Gasteiger partial charge < -0.3 is 9.80 Å². The molecule has 3 amide bonds. The van der Waals surface area contributed by atoms with Crippen molar-refractivity contribution in [3.05, 3.63) is 17.6 Å². The van der Waals surface area contributed by atoms with E-state index in [0.29, 0.717) is 6.42 Å². The highest BCUT2D eigenvalue weighted by atomic mass is 16.2. The first-order valence-corrected chi connectivity index (χ1v) is 8.20. The van der Waals surface area contributed by atoms with E-state index in [4.69, 9.17) is 0 Å². The van der Waals surface area contributed by atoms with E-state index in [2.05, 4.69) is 19.8 Å². The van der Waals surface area contributed by atoms with Crippen LogP contribution in [0.5, 0.6) is 0 Å². The van der Waals surface area contributed by atoms with E-state index < -0.39 is 0 Å². The van der Waals surface area contributed by atoms with Crippen LogP contribution in [0.2, 0.25) is 0 Å². The molecule has 3 heterocycles. The monoisotopic (exact) mass is 332 g/mol. The molecule has 1 aromatic rings. The second-order valence-corrected chi connectivity index (χ2v) is 6.46. The third-order valence-electron chi connectivity index (χ3n) is 5.11. The lowest BCUT2D eigenvalue weighted by Crippen LogP contribution is -2.62. The van der Waals surface area contributed by atoms with Gasteiger partial charge in [0.15, 0.2) is 0 Å². The SMILES string of the molecule is Cc1ncnc(N2CCN(C3CC(=O)N(C)C(=O)N3C)CC2)c1C. The van der Waals surface area contributed by atoms with E-state index in [0.717, 1.165) is 43.3 Å². The normalized spacial score (nSPS) is 23.2. The first kappa shape index (κ1) is 16.6. The molecule has 0 radical (unpaired) electrons. The van der Waals surface area contributed by atoms with Crippen molar-refractivity contribution in [2.45, 2.75) is 26.4 Å². The molecule has 2 saturated heterocycles. The number of aryl methyl sites for hydroxylation is 1. The third kappa shape index (κ3) is 2.82. The number of imide groups is 1. The third-order valence-corrected chi connectivity index (χ3v) is 5.11. The fourth-order valence-corrected chi connectivity index (χ4v) is 3.35. The van der Waals surface area contributed by atoms with Crippen LogP contribution in [0.3, 0.4) is 0 Å². The highest BCUT2D eigenvalue weighted by Gasteiger charge is 2.38. The van der Waals surface area contributed by atoms with Crippen LogP contribution in [0.15, 0.2) is 6.33 Å². The zero-order valence-corrected chi connectivity index (χ0v) is 14.7. The molecule has 2 aliphatic heterocycles. The highest BCUT2D eigenvalue weighted by Crippen LogP contribution is 2.23. The zero-order valence-electron chi connectivity index (χ0n) is 14.7. The Morgan fingerprint density at radius 1 is 1.04 bits per heavy atom. The minimum absolute atomic E-state index is 0.118. The van der Waals surface area contributed by atoms with Crippen molar-refractivity contribution in [3.63, 3.8) is 0 Å². The van der Waals surface area contributed by atoms with E-state index in [9.17, 15) is 9.59 Å². The van der Waals surface area contributed by atoms with Gasteiger partial charge in [0.2, 0.25) is 5.91 Å². The molecule has 1 unspecified atom stereocenters. The van der Waals surface area contributed by atoms with Crippen molar-refractivity contribution in [2.24, 2.45) is 0 Å². The standard InChI is InChI=1S/C16H24N6O2/c1-11-12(2)17-10-18-15(11)22-7-5-21(6-8-22)13-9-14(23)20(4)16(24)19(13)3/h10,13H,5-9H2,1-4H3. The van der Waals surface area contributed by atoms with E-state index >= 15 is 0 Å². The fourth-order valence-electron chi connectivity index (χ4n) is 3.35. The van der Waals surface area contributed by atoms with Crippen molar-refractivity contribution in [1.82, 2.24) is 24.7 Å². The second kappa shape index (κ2) is 6.35. The molecule has 0 spiro atoms. The first-order chi connectivity index (χ1) is 11.4. The van der Waals surface area contributed by atoms with Crippen molar-refractivity contribution in [1.29, 1.82) is 0 Å². The molecule has 24 heavy (non-hydrogen) atoms. The summed E-state index contributed by atoms with van der Waals surface area (Å²) in [5.74, 6) is 0.860. The molecule has 130 valence electrons. The lowest BCUT2D eigenvalue weighted by molar-refractivity contribution is -0.134. The van der Waals surface area contributed by atoms with E-state index in [-0.39, 0.29) is 18.1 Å². The number of nitrogens with zero attached hydrogens (tertiary/aromatic N) is 6. The summed E-state index contributed by atoms with van der Waals surface area (Å²) in [6.45, 7) is 7.25. The predicted octanol–water partition coefficient (Wildman–Crippen LogP) is 0.455. The van der Waals surface area contributed by atoms with Gasteiger partial charge in [-0.05, 0) is 13.8 Å². The summed E-state index contributed by atoms with van der Waals surface area (Å²) in [6.07, 6.45) is 1.80. The molecule has 8 heteroatoms. The second-order valence-electron chi connectivity index (χ2n) is 6.46. The van der Waals surface area contributed by atoms with Crippen LogP contribution in [0, 0.1) is 13.8 Å².